The summed E-state index contributed by atoms with van der Waals surface area (Å²) in [5.41, 5.74) is 3.93. The quantitative estimate of drug-likeness (QED) is 0.663. The van der Waals surface area contributed by atoms with E-state index in [1.807, 2.05) is 37.3 Å². The summed E-state index contributed by atoms with van der Waals surface area (Å²) >= 11 is 0. The first-order valence-corrected chi connectivity index (χ1v) is 6.35. The standard InChI is InChI=1S/C14H17N3O2/c1-3-7-11-12(14(19)17(2)13(11)18)16-15-10-8-5-4-6-9-10/h4-6,8-9,11,15H,3,7H2,1-2H3/b16-12+. The zero-order chi connectivity index (χ0) is 13.8. The van der Waals surface area contributed by atoms with Gasteiger partial charge in [0.15, 0.2) is 0 Å². The second-order valence-electron chi connectivity index (χ2n) is 4.52. The van der Waals surface area contributed by atoms with E-state index in [0.717, 1.165) is 17.0 Å². The summed E-state index contributed by atoms with van der Waals surface area (Å²) in [6.07, 6.45) is 1.48. The lowest BCUT2D eigenvalue weighted by atomic mass is 10.0. The second kappa shape index (κ2) is 5.65. The highest BCUT2D eigenvalue weighted by Gasteiger charge is 2.42. The Bertz CT molecular complexity index is 511. The second-order valence-corrected chi connectivity index (χ2v) is 4.52. The van der Waals surface area contributed by atoms with Gasteiger partial charge in [-0.3, -0.25) is 19.9 Å². The van der Waals surface area contributed by atoms with E-state index in [4.69, 9.17) is 0 Å². The van der Waals surface area contributed by atoms with Crippen LogP contribution in [0.3, 0.4) is 0 Å². The van der Waals surface area contributed by atoms with Gasteiger partial charge in [0.25, 0.3) is 5.91 Å². The number of imide groups is 1. The Morgan fingerprint density at radius 3 is 2.58 bits per heavy atom. The van der Waals surface area contributed by atoms with Crippen LogP contribution in [0, 0.1) is 5.92 Å². The van der Waals surface area contributed by atoms with Crippen molar-refractivity contribution in [3.8, 4) is 0 Å². The zero-order valence-electron chi connectivity index (χ0n) is 11.1. The van der Waals surface area contributed by atoms with Crippen LogP contribution in [0.4, 0.5) is 5.69 Å². The third-order valence-electron chi connectivity index (χ3n) is 3.14. The molecule has 0 saturated carbocycles. The molecule has 5 heteroatoms. The summed E-state index contributed by atoms with van der Waals surface area (Å²) in [5.74, 6) is -0.897. The van der Waals surface area contributed by atoms with Crippen LogP contribution in [0.5, 0.6) is 0 Å². The number of hydrogen-bond acceptors (Lipinski definition) is 4. The molecule has 5 nitrogen and oxygen atoms in total. The Morgan fingerprint density at radius 1 is 1.26 bits per heavy atom. The molecule has 0 bridgehead atoms. The number of hydrogen-bond donors (Lipinski definition) is 1. The van der Waals surface area contributed by atoms with E-state index < -0.39 is 5.92 Å². The van der Waals surface area contributed by atoms with Gasteiger partial charge in [-0.25, -0.2) is 0 Å². The molecule has 2 rings (SSSR count). The van der Waals surface area contributed by atoms with Gasteiger partial charge in [0, 0.05) is 7.05 Å². The molecule has 0 spiro atoms. The summed E-state index contributed by atoms with van der Waals surface area (Å²) < 4.78 is 0. The van der Waals surface area contributed by atoms with Gasteiger partial charge in [-0.15, -0.1) is 0 Å². The number of likely N-dealkylation sites (tertiary alicyclic amines) is 1. The van der Waals surface area contributed by atoms with Crippen LogP contribution in [0.2, 0.25) is 0 Å². The van der Waals surface area contributed by atoms with E-state index in [-0.39, 0.29) is 11.8 Å². The van der Waals surface area contributed by atoms with Gasteiger partial charge in [-0.1, -0.05) is 31.5 Å². The summed E-state index contributed by atoms with van der Waals surface area (Å²) in [7, 11) is 1.50. The average molecular weight is 259 g/mol. The van der Waals surface area contributed by atoms with Crippen molar-refractivity contribution in [1.29, 1.82) is 0 Å². The first-order valence-electron chi connectivity index (χ1n) is 6.35. The highest BCUT2D eigenvalue weighted by molar-refractivity contribution is 6.50. The number of rotatable bonds is 4. The van der Waals surface area contributed by atoms with Crippen LogP contribution < -0.4 is 5.43 Å². The third kappa shape index (κ3) is 2.65. The Balaban J connectivity index is 2.20. The fourth-order valence-electron chi connectivity index (χ4n) is 2.08. The van der Waals surface area contributed by atoms with Crippen LogP contribution in [0.1, 0.15) is 19.8 Å². The summed E-state index contributed by atoms with van der Waals surface area (Å²) in [6, 6.07) is 9.35. The molecular weight excluding hydrogens is 242 g/mol. The fraction of sp³-hybridized carbons (Fsp3) is 0.357. The topological polar surface area (TPSA) is 61.8 Å². The van der Waals surface area contributed by atoms with Crippen molar-refractivity contribution in [2.75, 3.05) is 12.5 Å². The third-order valence-corrected chi connectivity index (χ3v) is 3.14. The predicted octanol–water partition coefficient (Wildman–Crippen LogP) is 1.87. The molecule has 1 aromatic rings. The molecule has 1 atom stereocenters. The van der Waals surface area contributed by atoms with Crippen molar-refractivity contribution >= 4 is 23.2 Å². The number of hydrazone groups is 1. The highest BCUT2D eigenvalue weighted by atomic mass is 16.2. The maximum atomic E-state index is 12.0. The molecule has 100 valence electrons. The van der Waals surface area contributed by atoms with E-state index in [1.54, 1.807) is 0 Å². The zero-order valence-corrected chi connectivity index (χ0v) is 11.1. The molecule has 1 N–H and O–H groups in total. The van der Waals surface area contributed by atoms with E-state index in [0.29, 0.717) is 12.1 Å². The number of para-hydroxylation sites is 1. The monoisotopic (exact) mass is 259 g/mol. The molecule has 1 unspecified atom stereocenters. The van der Waals surface area contributed by atoms with Gasteiger partial charge in [-0.05, 0) is 18.6 Å². The van der Waals surface area contributed by atoms with Crippen molar-refractivity contribution in [2.24, 2.45) is 11.0 Å². The van der Waals surface area contributed by atoms with Gasteiger partial charge in [-0.2, -0.15) is 5.10 Å². The number of carbonyl (C=O) groups excluding carboxylic acids is 2. The van der Waals surface area contributed by atoms with Crippen LogP contribution >= 0.6 is 0 Å². The van der Waals surface area contributed by atoms with Gasteiger partial charge < -0.3 is 0 Å². The van der Waals surface area contributed by atoms with Gasteiger partial charge >= 0.3 is 0 Å². The number of nitrogens with zero attached hydrogens (tertiary/aromatic N) is 2. The summed E-state index contributed by atoms with van der Waals surface area (Å²) in [5, 5.41) is 4.13. The minimum atomic E-state index is -0.418. The fourth-order valence-corrected chi connectivity index (χ4v) is 2.08. The molecule has 0 radical (unpaired) electrons. The maximum Gasteiger partial charge on any atom is 0.277 e. The molecule has 1 aliphatic heterocycles. The normalized spacial score (nSPS) is 21.3. The summed E-state index contributed by atoms with van der Waals surface area (Å²) in [4.78, 5) is 25.0. The average Bonchev–Trinajstić information content (AvgIpc) is 2.63. The Morgan fingerprint density at radius 2 is 1.95 bits per heavy atom. The molecule has 1 heterocycles. The molecule has 1 fully saturated rings. The number of anilines is 1. The Kier molecular flexibility index (Phi) is 3.94. The maximum absolute atomic E-state index is 12.0. The van der Waals surface area contributed by atoms with Crippen LogP contribution in [0.15, 0.2) is 35.4 Å². The minimum Gasteiger partial charge on any atom is -0.280 e. The molecule has 0 aromatic heterocycles. The SMILES string of the molecule is CCCC1C(=O)N(C)C(=O)/C1=N/Nc1ccccc1. The number of benzene rings is 1. The number of carbonyl (C=O) groups is 2. The highest BCUT2D eigenvalue weighted by Crippen LogP contribution is 2.21. The first kappa shape index (κ1) is 13.3. The van der Waals surface area contributed by atoms with Crippen LogP contribution in [0.25, 0.3) is 0 Å². The van der Waals surface area contributed by atoms with E-state index in [2.05, 4.69) is 10.5 Å². The lowest BCUT2D eigenvalue weighted by Crippen LogP contribution is -2.26. The van der Waals surface area contributed by atoms with Crippen LogP contribution in [-0.2, 0) is 9.59 Å². The molecule has 2 amide bonds. The van der Waals surface area contributed by atoms with Crippen LogP contribution in [-0.4, -0.2) is 29.5 Å². The Hall–Kier alpha value is -2.17. The lowest BCUT2D eigenvalue weighted by molar-refractivity contribution is -0.137. The lowest BCUT2D eigenvalue weighted by Gasteiger charge is -2.06. The van der Waals surface area contributed by atoms with E-state index in [1.165, 1.54) is 7.05 Å². The predicted molar refractivity (Wildman–Crippen MR) is 73.7 cm³/mol. The van der Waals surface area contributed by atoms with Crippen molar-refractivity contribution in [1.82, 2.24) is 4.90 Å². The van der Waals surface area contributed by atoms with Gasteiger partial charge in [0.1, 0.15) is 5.71 Å². The smallest absolute Gasteiger partial charge is 0.277 e. The molecule has 19 heavy (non-hydrogen) atoms. The molecule has 1 aromatic carbocycles. The van der Waals surface area contributed by atoms with Gasteiger partial charge in [0.05, 0.1) is 11.6 Å². The minimum absolute atomic E-state index is 0.166. The van der Waals surface area contributed by atoms with Crippen molar-refractivity contribution in [2.45, 2.75) is 19.8 Å². The van der Waals surface area contributed by atoms with Gasteiger partial charge in [0.2, 0.25) is 5.91 Å². The molecule has 0 aliphatic carbocycles. The molecular formula is C14H17N3O2. The summed E-state index contributed by atoms with van der Waals surface area (Å²) in [6.45, 7) is 1.98. The van der Waals surface area contributed by atoms with Crippen molar-refractivity contribution in [3.63, 3.8) is 0 Å². The van der Waals surface area contributed by atoms with Crippen molar-refractivity contribution in [3.05, 3.63) is 30.3 Å². The first-order chi connectivity index (χ1) is 9.15. The largest absolute Gasteiger partial charge is 0.280 e. The number of nitrogens with one attached hydrogen (secondary N) is 1. The Labute approximate surface area is 112 Å². The molecule has 1 saturated heterocycles. The van der Waals surface area contributed by atoms with E-state index in [9.17, 15) is 9.59 Å². The van der Waals surface area contributed by atoms with E-state index >= 15 is 0 Å². The van der Waals surface area contributed by atoms with Crippen molar-refractivity contribution < 1.29 is 9.59 Å². The number of amides is 2. The molecule has 1 aliphatic rings.